The van der Waals surface area contributed by atoms with Crippen LogP contribution in [-0.2, 0) is 18.9 Å². The van der Waals surface area contributed by atoms with Crippen LogP contribution in [0.5, 0.6) is 0 Å². The molecule has 178 valence electrons. The molecule has 0 aromatic heterocycles. The van der Waals surface area contributed by atoms with Crippen LogP contribution < -0.4 is 11.1 Å². The number of nitrogens with one attached hydrogen (secondary N) is 1. The molecule has 33 heavy (non-hydrogen) atoms. The van der Waals surface area contributed by atoms with Gasteiger partial charge in [0.15, 0.2) is 12.0 Å². The number of halogens is 1. The largest absolute Gasteiger partial charge is 0.459 e. The average Bonchev–Trinajstić information content (AvgIpc) is 3.45. The van der Waals surface area contributed by atoms with Gasteiger partial charge in [0.25, 0.3) is 0 Å². The first-order valence-electron chi connectivity index (χ1n) is 11.2. The standard InChI is InChI=1S/C23H28ClN3O6/c1-21-18(31-23(33-21)10-5-6-11-23)22(13-24,14-30-17(28)15-7-3-2-4-8-15)32-19(21)27-12-9-16(25)26-20(27)29/h2-4,7-9,12,16,18-19H,5-6,10-11,13-14,25H2,1H3,(H,26,29)/t16?,18-,19+,21+,22+/m0/s1. The van der Waals surface area contributed by atoms with Gasteiger partial charge in [-0.05, 0) is 38.0 Å². The number of rotatable bonds is 5. The highest BCUT2D eigenvalue weighted by molar-refractivity contribution is 6.18. The van der Waals surface area contributed by atoms with Crippen molar-refractivity contribution in [2.75, 3.05) is 12.5 Å². The van der Waals surface area contributed by atoms with Gasteiger partial charge in [-0.15, -0.1) is 11.6 Å². The number of nitrogens with two attached hydrogens (primary N) is 1. The van der Waals surface area contributed by atoms with E-state index in [9.17, 15) is 9.59 Å². The Morgan fingerprint density at radius 1 is 1.27 bits per heavy atom. The first kappa shape index (κ1) is 22.6. The molecule has 9 nitrogen and oxygen atoms in total. The van der Waals surface area contributed by atoms with Crippen LogP contribution in [0, 0.1) is 0 Å². The normalized spacial score (nSPS) is 36.8. The molecule has 10 heteroatoms. The summed E-state index contributed by atoms with van der Waals surface area (Å²) in [4.78, 5) is 26.8. The molecule has 4 aliphatic rings. The van der Waals surface area contributed by atoms with E-state index in [4.69, 9.17) is 36.3 Å². The molecule has 5 rings (SSSR count). The topological polar surface area (TPSA) is 112 Å². The highest BCUT2D eigenvalue weighted by atomic mass is 35.5. The molecule has 1 aromatic carbocycles. The van der Waals surface area contributed by atoms with Crippen molar-refractivity contribution in [3.8, 4) is 0 Å². The quantitative estimate of drug-likeness (QED) is 0.494. The number of hydrogen-bond donors (Lipinski definition) is 2. The number of fused-ring (bicyclic) bond motifs is 1. The Morgan fingerprint density at radius 3 is 2.67 bits per heavy atom. The molecule has 3 heterocycles. The first-order chi connectivity index (χ1) is 15.8. The molecule has 1 unspecified atom stereocenters. The smallest absolute Gasteiger partial charge is 0.338 e. The summed E-state index contributed by atoms with van der Waals surface area (Å²) in [6, 6.07) is 8.27. The highest BCUT2D eigenvalue weighted by Gasteiger charge is 2.73. The van der Waals surface area contributed by atoms with E-state index < -0.39 is 47.5 Å². The van der Waals surface area contributed by atoms with Crippen molar-refractivity contribution in [2.45, 2.75) is 68.1 Å². The number of esters is 1. The number of ether oxygens (including phenoxy) is 4. The lowest BCUT2D eigenvalue weighted by Crippen LogP contribution is -2.58. The summed E-state index contributed by atoms with van der Waals surface area (Å²) in [7, 11) is 0. The molecule has 1 saturated carbocycles. The van der Waals surface area contributed by atoms with Gasteiger partial charge >= 0.3 is 12.0 Å². The van der Waals surface area contributed by atoms with E-state index in [0.717, 1.165) is 25.7 Å². The Hall–Kier alpha value is -2.17. The van der Waals surface area contributed by atoms with Gasteiger partial charge in [-0.3, -0.25) is 4.90 Å². The fraction of sp³-hybridized carbons (Fsp3) is 0.565. The first-order valence-corrected chi connectivity index (χ1v) is 11.7. The lowest BCUT2D eigenvalue weighted by molar-refractivity contribution is -0.247. The summed E-state index contributed by atoms with van der Waals surface area (Å²) >= 11 is 6.47. The predicted octanol–water partition coefficient (Wildman–Crippen LogP) is 2.45. The summed E-state index contributed by atoms with van der Waals surface area (Å²) in [5.74, 6) is -1.29. The molecular formula is C23H28ClN3O6. The second-order valence-electron chi connectivity index (χ2n) is 9.24. The van der Waals surface area contributed by atoms with Crippen molar-refractivity contribution >= 4 is 23.6 Å². The van der Waals surface area contributed by atoms with Crippen LogP contribution in [0.2, 0.25) is 0 Å². The second-order valence-corrected chi connectivity index (χ2v) is 9.50. The Morgan fingerprint density at radius 2 is 2.00 bits per heavy atom. The molecule has 3 aliphatic heterocycles. The molecule has 0 radical (unpaired) electrons. The summed E-state index contributed by atoms with van der Waals surface area (Å²) in [5, 5.41) is 2.66. The lowest BCUT2D eigenvalue weighted by atomic mass is 9.88. The molecule has 0 bridgehead atoms. The number of benzene rings is 1. The number of urea groups is 1. The van der Waals surface area contributed by atoms with Crippen LogP contribution in [0.15, 0.2) is 42.6 Å². The zero-order valence-electron chi connectivity index (χ0n) is 18.4. The van der Waals surface area contributed by atoms with Crippen molar-refractivity contribution in [2.24, 2.45) is 5.73 Å². The van der Waals surface area contributed by atoms with Crippen LogP contribution in [0.1, 0.15) is 43.0 Å². The van der Waals surface area contributed by atoms with Crippen molar-refractivity contribution < 1.29 is 28.5 Å². The average molecular weight is 478 g/mol. The predicted molar refractivity (Wildman–Crippen MR) is 118 cm³/mol. The number of amides is 2. The van der Waals surface area contributed by atoms with E-state index in [1.165, 1.54) is 4.90 Å². The molecule has 2 saturated heterocycles. The van der Waals surface area contributed by atoms with Crippen LogP contribution in [-0.4, -0.2) is 64.9 Å². The molecule has 3 fully saturated rings. The zero-order valence-corrected chi connectivity index (χ0v) is 19.1. The molecule has 3 N–H and O–H groups in total. The minimum absolute atomic E-state index is 0.0239. The Bertz CT molecular complexity index is 955. The molecule has 1 spiro atoms. The summed E-state index contributed by atoms with van der Waals surface area (Å²) in [6.45, 7) is 1.71. The maximum absolute atomic E-state index is 12.8. The van der Waals surface area contributed by atoms with Gasteiger partial charge in [0.1, 0.15) is 23.9 Å². The minimum atomic E-state index is -1.22. The fourth-order valence-electron chi connectivity index (χ4n) is 5.29. The SMILES string of the molecule is C[C@@]12OC3(CCCC3)O[C@@H]1[C@@](CCl)(COC(=O)c1ccccc1)O[C@H]2N1C=CC(N)NC1=O. The Balaban J connectivity index is 1.46. The van der Waals surface area contributed by atoms with E-state index in [-0.39, 0.29) is 12.5 Å². The number of nitrogens with zero attached hydrogens (tertiary/aromatic N) is 1. The number of alkyl halides is 1. The zero-order chi connectivity index (χ0) is 23.3. The maximum atomic E-state index is 12.8. The van der Waals surface area contributed by atoms with E-state index in [0.29, 0.717) is 5.56 Å². The van der Waals surface area contributed by atoms with Gasteiger partial charge in [-0.2, -0.15) is 0 Å². The highest BCUT2D eigenvalue weighted by Crippen LogP contribution is 2.56. The minimum Gasteiger partial charge on any atom is -0.459 e. The molecule has 1 aromatic rings. The van der Waals surface area contributed by atoms with E-state index in [1.807, 2.05) is 13.0 Å². The van der Waals surface area contributed by atoms with Gasteiger partial charge in [-0.25, -0.2) is 9.59 Å². The van der Waals surface area contributed by atoms with E-state index in [2.05, 4.69) is 5.32 Å². The molecule has 5 atom stereocenters. The van der Waals surface area contributed by atoms with Crippen molar-refractivity contribution in [3.05, 3.63) is 48.2 Å². The fourth-order valence-corrected chi connectivity index (χ4v) is 5.57. The monoisotopic (exact) mass is 477 g/mol. The second kappa shape index (κ2) is 8.25. The van der Waals surface area contributed by atoms with Gasteiger partial charge in [0.2, 0.25) is 0 Å². The van der Waals surface area contributed by atoms with Crippen molar-refractivity contribution in [1.29, 1.82) is 0 Å². The van der Waals surface area contributed by atoms with Crippen LogP contribution in [0.3, 0.4) is 0 Å². The van der Waals surface area contributed by atoms with Crippen LogP contribution in [0.25, 0.3) is 0 Å². The van der Waals surface area contributed by atoms with E-state index in [1.54, 1.807) is 36.5 Å². The molecular weight excluding hydrogens is 450 g/mol. The van der Waals surface area contributed by atoms with Crippen molar-refractivity contribution in [1.82, 2.24) is 10.2 Å². The Labute approximate surface area is 197 Å². The summed E-state index contributed by atoms with van der Waals surface area (Å²) < 4.78 is 25.2. The van der Waals surface area contributed by atoms with Gasteiger partial charge in [-0.1, -0.05) is 18.2 Å². The van der Waals surface area contributed by atoms with Crippen LogP contribution >= 0.6 is 11.6 Å². The molecule has 2 amide bonds. The lowest BCUT2D eigenvalue weighted by Gasteiger charge is -2.38. The number of hydrogen-bond acceptors (Lipinski definition) is 7. The number of carbonyl (C=O) groups is 2. The third-order valence-corrected chi connectivity index (χ3v) is 7.31. The van der Waals surface area contributed by atoms with E-state index >= 15 is 0 Å². The van der Waals surface area contributed by atoms with Gasteiger partial charge < -0.3 is 30.0 Å². The maximum Gasteiger partial charge on any atom is 0.338 e. The van der Waals surface area contributed by atoms with Gasteiger partial charge in [0, 0.05) is 19.0 Å². The number of carbonyl (C=O) groups excluding carboxylic acids is 2. The Kier molecular flexibility index (Phi) is 5.65. The van der Waals surface area contributed by atoms with Gasteiger partial charge in [0.05, 0.1) is 17.6 Å². The van der Waals surface area contributed by atoms with Crippen molar-refractivity contribution in [3.63, 3.8) is 0 Å². The summed E-state index contributed by atoms with van der Waals surface area (Å²) in [6.07, 6.45) is 4.55. The third kappa shape index (κ3) is 3.72. The third-order valence-electron chi connectivity index (χ3n) is 6.85. The summed E-state index contributed by atoms with van der Waals surface area (Å²) in [5.41, 5.74) is 3.98. The molecule has 1 aliphatic carbocycles. The van der Waals surface area contributed by atoms with Crippen LogP contribution in [0.4, 0.5) is 4.79 Å².